The Bertz CT molecular complexity index is 577. The van der Waals surface area contributed by atoms with Crippen LogP contribution < -0.4 is 5.73 Å². The zero-order valence-electron chi connectivity index (χ0n) is 9.97. The summed E-state index contributed by atoms with van der Waals surface area (Å²) in [7, 11) is 0. The molecule has 9 heteroatoms. The fourth-order valence-electron chi connectivity index (χ4n) is 2.09. The summed E-state index contributed by atoms with van der Waals surface area (Å²) < 4.78 is 7.18. The van der Waals surface area contributed by atoms with Crippen molar-refractivity contribution in [2.75, 3.05) is 12.3 Å². The van der Waals surface area contributed by atoms with Crippen LogP contribution in [0.25, 0.3) is 11.2 Å². The molecule has 0 aromatic carbocycles. The van der Waals surface area contributed by atoms with Gasteiger partial charge in [-0.05, 0) is 0 Å². The van der Waals surface area contributed by atoms with Gasteiger partial charge in [0, 0.05) is 56.8 Å². The molecule has 2 aromatic heterocycles. The van der Waals surface area contributed by atoms with Crippen molar-refractivity contribution in [2.45, 2.75) is 24.9 Å². The molecule has 3 heterocycles. The molecule has 0 amide bonds. The summed E-state index contributed by atoms with van der Waals surface area (Å²) in [5.41, 5.74) is 6.63. The van der Waals surface area contributed by atoms with Crippen LogP contribution in [0.4, 0.5) is 5.82 Å². The van der Waals surface area contributed by atoms with Crippen molar-refractivity contribution in [3.05, 3.63) is 12.7 Å². The molecular formula is C10H12N5O3Y-. The number of ether oxygens (including phenoxy) is 1. The number of imidazole rings is 1. The van der Waals surface area contributed by atoms with Gasteiger partial charge >= 0.3 is 0 Å². The topological polar surface area (TPSA) is 119 Å². The summed E-state index contributed by atoms with van der Waals surface area (Å²) in [6, 6.07) is 0. The summed E-state index contributed by atoms with van der Waals surface area (Å²) in [5.74, 6) is 0.246. The predicted octanol–water partition coefficient (Wildman–Crippen LogP) is -1.15. The molecule has 0 spiro atoms. The van der Waals surface area contributed by atoms with Crippen molar-refractivity contribution in [3.63, 3.8) is 0 Å². The van der Waals surface area contributed by atoms with Crippen molar-refractivity contribution in [1.29, 1.82) is 0 Å². The number of aromatic nitrogens is 4. The Morgan fingerprint density at radius 2 is 2.32 bits per heavy atom. The summed E-state index contributed by atoms with van der Waals surface area (Å²) >= 11 is 0. The van der Waals surface area contributed by atoms with E-state index >= 15 is 0 Å². The fourth-order valence-corrected chi connectivity index (χ4v) is 2.09. The maximum absolute atomic E-state index is 9.70. The van der Waals surface area contributed by atoms with E-state index < -0.39 is 18.4 Å². The first-order valence-corrected chi connectivity index (χ1v) is 5.51. The average molecular weight is 339 g/mol. The molecule has 1 fully saturated rings. The molecule has 3 atom stereocenters. The number of nitrogens with zero attached hydrogens (tertiary/aromatic N) is 4. The van der Waals surface area contributed by atoms with Crippen molar-refractivity contribution >= 4 is 17.0 Å². The number of hydrogen-bond donors (Lipinski definition) is 3. The summed E-state index contributed by atoms with van der Waals surface area (Å²) in [5, 5.41) is 18.7. The zero-order chi connectivity index (χ0) is 12.7. The van der Waals surface area contributed by atoms with Crippen LogP contribution in [0.3, 0.4) is 0 Å². The molecule has 3 rings (SSSR count). The molecule has 19 heavy (non-hydrogen) atoms. The van der Waals surface area contributed by atoms with E-state index in [9.17, 15) is 5.11 Å². The standard InChI is InChI=1S/C10H12N5O3.Y/c11-9-8-10(13-3-12-9)15(4-14-8)7-1-5(17)6(2-16)18-7;/h4-7,16-17H,1-2H2,(H2,11,12,13);/q-1;. The molecule has 1 saturated heterocycles. The molecule has 4 N–H and O–H groups in total. The van der Waals surface area contributed by atoms with Gasteiger partial charge in [0.2, 0.25) is 0 Å². The third-order valence-corrected chi connectivity index (χ3v) is 3.03. The second kappa shape index (κ2) is 5.76. The van der Waals surface area contributed by atoms with E-state index in [1.165, 1.54) is 6.33 Å². The van der Waals surface area contributed by atoms with Gasteiger partial charge in [0.15, 0.2) is 0 Å². The van der Waals surface area contributed by atoms with Crippen molar-refractivity contribution in [2.24, 2.45) is 0 Å². The van der Waals surface area contributed by atoms with Crippen LogP contribution in [-0.2, 0) is 37.4 Å². The number of nitrogen functional groups attached to an aromatic ring is 1. The number of aliphatic hydroxyl groups excluding tert-OH is 2. The van der Waals surface area contributed by atoms with Gasteiger partial charge in [-0.1, -0.05) is 0 Å². The van der Waals surface area contributed by atoms with E-state index in [1.54, 1.807) is 4.57 Å². The molecule has 2 aromatic rings. The molecule has 0 saturated carbocycles. The van der Waals surface area contributed by atoms with Gasteiger partial charge in [0.25, 0.3) is 0 Å². The van der Waals surface area contributed by atoms with E-state index in [2.05, 4.69) is 21.3 Å². The molecule has 1 radical (unpaired) electrons. The van der Waals surface area contributed by atoms with E-state index in [-0.39, 0.29) is 45.1 Å². The van der Waals surface area contributed by atoms with Gasteiger partial charge in [-0.15, -0.1) is 0 Å². The van der Waals surface area contributed by atoms with Gasteiger partial charge in [-0.25, -0.2) is 0 Å². The van der Waals surface area contributed by atoms with Gasteiger partial charge in [0.05, 0.1) is 24.7 Å². The van der Waals surface area contributed by atoms with Crippen molar-refractivity contribution in [3.8, 4) is 0 Å². The van der Waals surface area contributed by atoms with Crippen LogP contribution >= 0.6 is 0 Å². The maximum Gasteiger partial charge on any atom is 0.129 e. The Morgan fingerprint density at radius 3 is 3.00 bits per heavy atom. The van der Waals surface area contributed by atoms with Crippen molar-refractivity contribution < 1.29 is 47.7 Å². The molecular weight excluding hydrogens is 327 g/mol. The Labute approximate surface area is 133 Å². The summed E-state index contributed by atoms with van der Waals surface area (Å²) in [6.07, 6.45) is 2.61. The Balaban J connectivity index is 0.00000133. The first-order valence-electron chi connectivity index (χ1n) is 5.51. The SMILES string of the molecule is Nc1n[c-]nc2c1ncn2C1CC(O)C(CO)O1.[Y]. The van der Waals surface area contributed by atoms with Crippen LogP contribution in [-0.4, -0.2) is 48.5 Å². The smallest absolute Gasteiger partial charge is 0.129 e. The minimum absolute atomic E-state index is 0. The van der Waals surface area contributed by atoms with Crippen LogP contribution in [0, 0.1) is 6.33 Å². The third kappa shape index (κ3) is 2.51. The first kappa shape index (κ1) is 14.7. The fraction of sp³-hybridized carbons (Fsp3) is 0.500. The number of nitrogens with two attached hydrogens (primary N) is 1. The van der Waals surface area contributed by atoms with Crippen LogP contribution in [0.5, 0.6) is 0 Å². The van der Waals surface area contributed by atoms with E-state index in [1.807, 2.05) is 0 Å². The molecule has 0 bridgehead atoms. The van der Waals surface area contributed by atoms with Crippen LogP contribution in [0.2, 0.25) is 0 Å². The average Bonchev–Trinajstić information content (AvgIpc) is 2.93. The Morgan fingerprint density at radius 1 is 1.53 bits per heavy atom. The molecule has 3 unspecified atom stereocenters. The van der Waals surface area contributed by atoms with Gasteiger partial charge in [-0.2, -0.15) is 0 Å². The number of rotatable bonds is 2. The van der Waals surface area contributed by atoms with E-state index in [0.717, 1.165) is 0 Å². The predicted molar refractivity (Wildman–Crippen MR) is 60.2 cm³/mol. The van der Waals surface area contributed by atoms with Crippen LogP contribution in [0.1, 0.15) is 12.6 Å². The summed E-state index contributed by atoms with van der Waals surface area (Å²) in [6.45, 7) is -0.229. The Kier molecular flexibility index (Phi) is 4.47. The largest absolute Gasteiger partial charge is 0.433 e. The Hall–Kier alpha value is -0.666. The number of aliphatic hydroxyl groups is 2. The normalized spacial score (nSPS) is 26.5. The monoisotopic (exact) mass is 339 g/mol. The van der Waals surface area contributed by atoms with Gasteiger partial charge in [-0.3, -0.25) is 4.98 Å². The van der Waals surface area contributed by atoms with Crippen molar-refractivity contribution in [1.82, 2.24) is 19.5 Å². The number of anilines is 1. The second-order valence-corrected chi connectivity index (χ2v) is 4.15. The number of fused-ring (bicyclic) bond motifs is 1. The minimum atomic E-state index is -0.708. The van der Waals surface area contributed by atoms with Gasteiger partial charge in [0.1, 0.15) is 12.3 Å². The van der Waals surface area contributed by atoms with Gasteiger partial charge < -0.3 is 35.2 Å². The minimum Gasteiger partial charge on any atom is -0.433 e. The van der Waals surface area contributed by atoms with Crippen LogP contribution in [0.15, 0.2) is 6.33 Å². The number of hydrogen-bond acceptors (Lipinski definition) is 7. The third-order valence-electron chi connectivity index (χ3n) is 3.03. The maximum atomic E-state index is 9.70. The molecule has 1 aliphatic heterocycles. The van der Waals surface area contributed by atoms with E-state index in [4.69, 9.17) is 15.6 Å². The second-order valence-electron chi connectivity index (χ2n) is 4.15. The molecule has 99 valence electrons. The quantitative estimate of drug-likeness (QED) is 0.591. The molecule has 0 aliphatic carbocycles. The summed E-state index contributed by atoms with van der Waals surface area (Å²) in [4.78, 5) is 11.8. The molecule has 1 aliphatic rings. The first-order chi connectivity index (χ1) is 8.70. The molecule has 8 nitrogen and oxygen atoms in total. The van der Waals surface area contributed by atoms with E-state index in [0.29, 0.717) is 17.6 Å². The zero-order valence-corrected chi connectivity index (χ0v) is 12.8.